The van der Waals surface area contributed by atoms with Gasteiger partial charge in [-0.15, -0.1) is 0 Å². The third-order valence-electron chi connectivity index (χ3n) is 6.53. The number of rotatable bonds is 6. The number of halogens is 1. The van der Waals surface area contributed by atoms with Gasteiger partial charge in [0.25, 0.3) is 0 Å². The van der Waals surface area contributed by atoms with Gasteiger partial charge in [0.1, 0.15) is 6.04 Å². The zero-order valence-corrected chi connectivity index (χ0v) is 18.4. The topological polar surface area (TPSA) is 86.7 Å². The Morgan fingerprint density at radius 3 is 2.17 bits per heavy atom. The van der Waals surface area contributed by atoms with Crippen molar-refractivity contribution >= 4 is 29.4 Å². The zero-order chi connectivity index (χ0) is 21.8. The third-order valence-corrected chi connectivity index (χ3v) is 6.78. The van der Waals surface area contributed by atoms with Crippen LogP contribution in [0.5, 0.6) is 0 Å². The van der Waals surface area contributed by atoms with E-state index in [2.05, 4.69) is 5.32 Å². The smallest absolute Gasteiger partial charge is 0.306 e. The number of carboxylic acid groups (broad SMARTS) is 1. The van der Waals surface area contributed by atoms with E-state index in [1.54, 1.807) is 0 Å². The summed E-state index contributed by atoms with van der Waals surface area (Å²) in [4.78, 5) is 38.9. The van der Waals surface area contributed by atoms with Crippen LogP contribution in [0.15, 0.2) is 24.3 Å². The summed E-state index contributed by atoms with van der Waals surface area (Å²) >= 11 is 5.98. The van der Waals surface area contributed by atoms with E-state index in [1.807, 2.05) is 43.0 Å². The monoisotopic (exact) mass is 434 g/mol. The van der Waals surface area contributed by atoms with E-state index >= 15 is 0 Å². The molecule has 1 saturated carbocycles. The molecule has 30 heavy (non-hydrogen) atoms. The number of aliphatic carboxylic acids is 1. The number of hydrogen-bond donors (Lipinski definition) is 2. The van der Waals surface area contributed by atoms with Crippen LogP contribution in [0.25, 0.3) is 0 Å². The molecule has 164 valence electrons. The van der Waals surface area contributed by atoms with Crippen molar-refractivity contribution in [3.05, 3.63) is 34.9 Å². The minimum atomic E-state index is -0.842. The Morgan fingerprint density at radius 2 is 1.63 bits per heavy atom. The van der Waals surface area contributed by atoms with Crippen molar-refractivity contribution < 1.29 is 19.5 Å². The van der Waals surface area contributed by atoms with Gasteiger partial charge < -0.3 is 15.3 Å². The highest BCUT2D eigenvalue weighted by molar-refractivity contribution is 6.30. The highest BCUT2D eigenvalue weighted by Gasteiger charge is 2.37. The summed E-state index contributed by atoms with van der Waals surface area (Å²) in [5.74, 6) is -1.48. The summed E-state index contributed by atoms with van der Waals surface area (Å²) in [5, 5.41) is 12.8. The summed E-state index contributed by atoms with van der Waals surface area (Å²) < 4.78 is 0. The molecule has 3 rings (SSSR count). The molecular weight excluding hydrogens is 404 g/mol. The van der Waals surface area contributed by atoms with Crippen molar-refractivity contribution in [1.82, 2.24) is 10.2 Å². The van der Waals surface area contributed by atoms with Gasteiger partial charge in [0.15, 0.2) is 0 Å². The SMILES string of the molecule is CC(C)[C@@H](NC(=O)[C@@H]1CC[C@H](C(=O)O)C1)C(=O)N1CCC(c2ccc(Cl)cc2)CC1. The number of likely N-dealkylation sites (tertiary alicyclic amines) is 1. The highest BCUT2D eigenvalue weighted by Crippen LogP contribution is 2.32. The average Bonchev–Trinajstić information content (AvgIpc) is 3.23. The first-order valence-corrected chi connectivity index (χ1v) is 11.2. The van der Waals surface area contributed by atoms with Crippen molar-refractivity contribution in [2.24, 2.45) is 17.8 Å². The third kappa shape index (κ3) is 5.34. The summed E-state index contributed by atoms with van der Waals surface area (Å²) in [6.07, 6.45) is 3.21. The number of nitrogens with zero attached hydrogens (tertiary/aromatic N) is 1. The lowest BCUT2D eigenvalue weighted by atomic mass is 9.89. The Morgan fingerprint density at radius 1 is 1.03 bits per heavy atom. The number of carbonyl (C=O) groups excluding carboxylic acids is 2. The Balaban J connectivity index is 1.56. The van der Waals surface area contributed by atoms with Crippen LogP contribution in [-0.2, 0) is 14.4 Å². The summed E-state index contributed by atoms with van der Waals surface area (Å²) in [6.45, 7) is 5.18. The fourth-order valence-electron chi connectivity index (χ4n) is 4.59. The Labute approximate surface area is 183 Å². The van der Waals surface area contributed by atoms with E-state index in [0.29, 0.717) is 38.3 Å². The van der Waals surface area contributed by atoms with Crippen LogP contribution in [0.4, 0.5) is 0 Å². The quantitative estimate of drug-likeness (QED) is 0.714. The number of hydrogen-bond acceptors (Lipinski definition) is 3. The van der Waals surface area contributed by atoms with E-state index in [9.17, 15) is 14.4 Å². The van der Waals surface area contributed by atoms with Crippen molar-refractivity contribution in [1.29, 1.82) is 0 Å². The maximum atomic E-state index is 13.2. The molecule has 0 bridgehead atoms. The van der Waals surface area contributed by atoms with Crippen LogP contribution in [0, 0.1) is 17.8 Å². The standard InChI is InChI=1S/C23H31ClN2O4/c1-14(2)20(25-21(27)17-3-4-18(13-17)23(29)30)22(28)26-11-9-16(10-12-26)15-5-7-19(24)8-6-15/h5-8,14,16-18,20H,3-4,9-13H2,1-2H3,(H,25,27)(H,29,30)/t17-,18+,20-/m1/s1. The first kappa shape index (κ1) is 22.6. The molecular formula is C23H31ClN2O4. The largest absolute Gasteiger partial charge is 0.481 e. The minimum Gasteiger partial charge on any atom is -0.481 e. The molecule has 0 spiro atoms. The maximum absolute atomic E-state index is 13.2. The van der Waals surface area contributed by atoms with Crippen LogP contribution in [-0.4, -0.2) is 46.9 Å². The van der Waals surface area contributed by atoms with Gasteiger partial charge in [-0.05, 0) is 61.6 Å². The molecule has 1 aliphatic carbocycles. The van der Waals surface area contributed by atoms with Crippen molar-refractivity contribution in [2.45, 2.75) is 57.9 Å². The first-order chi connectivity index (χ1) is 14.3. The molecule has 2 amide bonds. The van der Waals surface area contributed by atoms with Crippen LogP contribution in [0.1, 0.15) is 57.4 Å². The predicted octanol–water partition coefficient (Wildman–Crippen LogP) is 3.69. The number of piperidine rings is 1. The average molecular weight is 435 g/mol. The number of carboxylic acids is 1. The lowest BCUT2D eigenvalue weighted by molar-refractivity contribution is -0.142. The van der Waals surface area contributed by atoms with Gasteiger partial charge in [-0.1, -0.05) is 37.6 Å². The van der Waals surface area contributed by atoms with Crippen LogP contribution in [0.3, 0.4) is 0 Å². The number of amides is 2. The molecule has 0 radical (unpaired) electrons. The minimum absolute atomic E-state index is 0.0351. The molecule has 1 aromatic rings. The van der Waals surface area contributed by atoms with Crippen molar-refractivity contribution in [3.63, 3.8) is 0 Å². The van der Waals surface area contributed by atoms with Gasteiger partial charge in [-0.3, -0.25) is 14.4 Å². The van der Waals surface area contributed by atoms with Gasteiger partial charge in [0.2, 0.25) is 11.8 Å². The molecule has 0 aromatic heterocycles. The normalized spacial score (nSPS) is 23.4. The molecule has 3 atom stereocenters. The van der Waals surface area contributed by atoms with E-state index in [0.717, 1.165) is 17.9 Å². The molecule has 1 aromatic carbocycles. The second kappa shape index (κ2) is 9.82. The van der Waals surface area contributed by atoms with E-state index in [-0.39, 0.29) is 23.7 Å². The maximum Gasteiger partial charge on any atom is 0.306 e. The molecule has 0 unspecified atom stereocenters. The molecule has 6 nitrogen and oxygen atoms in total. The van der Waals surface area contributed by atoms with Gasteiger partial charge in [0.05, 0.1) is 5.92 Å². The zero-order valence-electron chi connectivity index (χ0n) is 17.6. The second-order valence-corrected chi connectivity index (χ2v) is 9.36. The summed E-state index contributed by atoms with van der Waals surface area (Å²) in [5.41, 5.74) is 1.24. The van der Waals surface area contributed by atoms with Gasteiger partial charge in [-0.25, -0.2) is 0 Å². The van der Waals surface area contributed by atoms with E-state index < -0.39 is 17.9 Å². The molecule has 1 saturated heterocycles. The molecule has 1 heterocycles. The molecule has 2 N–H and O–H groups in total. The van der Waals surface area contributed by atoms with Crippen molar-refractivity contribution in [2.75, 3.05) is 13.1 Å². The van der Waals surface area contributed by atoms with Crippen molar-refractivity contribution in [3.8, 4) is 0 Å². The second-order valence-electron chi connectivity index (χ2n) is 8.93. The Hall–Kier alpha value is -2.08. The van der Waals surface area contributed by atoms with E-state index in [1.165, 1.54) is 5.56 Å². The van der Waals surface area contributed by atoms with Crippen LogP contribution >= 0.6 is 11.6 Å². The number of benzene rings is 1. The number of carbonyl (C=O) groups is 3. The molecule has 2 fully saturated rings. The predicted molar refractivity (Wildman–Crippen MR) is 115 cm³/mol. The Kier molecular flexibility index (Phi) is 7.40. The molecule has 7 heteroatoms. The lowest BCUT2D eigenvalue weighted by Crippen LogP contribution is -2.53. The molecule has 1 aliphatic heterocycles. The summed E-state index contributed by atoms with van der Waals surface area (Å²) in [6, 6.07) is 7.32. The fraction of sp³-hybridized carbons (Fsp3) is 0.609. The molecule has 2 aliphatic rings. The fourth-order valence-corrected chi connectivity index (χ4v) is 4.72. The lowest BCUT2D eigenvalue weighted by Gasteiger charge is -2.36. The van der Waals surface area contributed by atoms with Gasteiger partial charge >= 0.3 is 5.97 Å². The van der Waals surface area contributed by atoms with E-state index in [4.69, 9.17) is 16.7 Å². The van der Waals surface area contributed by atoms with Gasteiger partial charge in [0, 0.05) is 24.0 Å². The first-order valence-electron chi connectivity index (χ1n) is 10.8. The number of nitrogens with one attached hydrogen (secondary N) is 1. The van der Waals surface area contributed by atoms with Crippen LogP contribution < -0.4 is 5.32 Å². The summed E-state index contributed by atoms with van der Waals surface area (Å²) in [7, 11) is 0. The Bertz CT molecular complexity index is 772. The van der Waals surface area contributed by atoms with Gasteiger partial charge in [-0.2, -0.15) is 0 Å². The van der Waals surface area contributed by atoms with Crippen LogP contribution in [0.2, 0.25) is 5.02 Å². The highest BCUT2D eigenvalue weighted by atomic mass is 35.5.